The van der Waals surface area contributed by atoms with Crippen molar-refractivity contribution in [2.24, 2.45) is 0 Å². The zero-order valence-electron chi connectivity index (χ0n) is 12.1. The summed E-state index contributed by atoms with van der Waals surface area (Å²) in [5, 5.41) is 8.68. The number of aliphatic carboxylic acids is 1. The van der Waals surface area contributed by atoms with Crippen molar-refractivity contribution in [1.82, 2.24) is 9.80 Å². The van der Waals surface area contributed by atoms with Gasteiger partial charge in [0, 0.05) is 32.1 Å². The van der Waals surface area contributed by atoms with Gasteiger partial charge in [-0.3, -0.25) is 4.79 Å². The van der Waals surface area contributed by atoms with Crippen molar-refractivity contribution in [2.75, 3.05) is 19.6 Å². The highest BCUT2D eigenvalue weighted by Crippen LogP contribution is 2.14. The molecule has 0 spiro atoms. The standard InChI is InChI=1S/C14H26N2O3/c1-12(2)16(11-7-8-13(17)18)14(19)15-9-5-3-4-6-10-15/h12H,3-11H2,1-2H3,(H,17,18). The molecule has 0 radical (unpaired) electrons. The van der Waals surface area contributed by atoms with Crippen LogP contribution in [0.1, 0.15) is 52.4 Å². The van der Waals surface area contributed by atoms with Gasteiger partial charge >= 0.3 is 12.0 Å². The van der Waals surface area contributed by atoms with Gasteiger partial charge in [0.05, 0.1) is 0 Å². The van der Waals surface area contributed by atoms with Gasteiger partial charge in [-0.15, -0.1) is 0 Å². The van der Waals surface area contributed by atoms with E-state index in [0.29, 0.717) is 13.0 Å². The highest BCUT2D eigenvalue weighted by atomic mass is 16.4. The molecule has 1 saturated heterocycles. The first kappa shape index (κ1) is 15.8. The number of likely N-dealkylation sites (tertiary alicyclic amines) is 1. The van der Waals surface area contributed by atoms with Crippen molar-refractivity contribution in [1.29, 1.82) is 0 Å². The van der Waals surface area contributed by atoms with Crippen LogP contribution in [-0.4, -0.2) is 52.6 Å². The highest BCUT2D eigenvalue weighted by molar-refractivity contribution is 5.75. The summed E-state index contributed by atoms with van der Waals surface area (Å²) in [7, 11) is 0. The molecule has 1 heterocycles. The van der Waals surface area contributed by atoms with Crippen LogP contribution < -0.4 is 0 Å². The molecule has 1 N–H and O–H groups in total. The van der Waals surface area contributed by atoms with E-state index in [1.807, 2.05) is 18.7 Å². The number of hydrogen-bond acceptors (Lipinski definition) is 2. The summed E-state index contributed by atoms with van der Waals surface area (Å²) in [4.78, 5) is 26.8. The van der Waals surface area contributed by atoms with Gasteiger partial charge < -0.3 is 14.9 Å². The van der Waals surface area contributed by atoms with Gasteiger partial charge in [-0.25, -0.2) is 4.79 Å². The number of carbonyl (C=O) groups excluding carboxylic acids is 1. The minimum Gasteiger partial charge on any atom is -0.481 e. The Bertz CT molecular complexity index is 297. The molecule has 0 saturated carbocycles. The largest absolute Gasteiger partial charge is 0.481 e. The van der Waals surface area contributed by atoms with Crippen LogP contribution in [-0.2, 0) is 4.79 Å². The summed E-state index contributed by atoms with van der Waals surface area (Å²) < 4.78 is 0. The molecule has 0 atom stereocenters. The van der Waals surface area contributed by atoms with Gasteiger partial charge in [-0.2, -0.15) is 0 Å². The lowest BCUT2D eigenvalue weighted by Crippen LogP contribution is -2.47. The second-order valence-electron chi connectivity index (χ2n) is 5.47. The van der Waals surface area contributed by atoms with Crippen LogP contribution in [0.25, 0.3) is 0 Å². The van der Waals surface area contributed by atoms with Crippen LogP contribution in [0.15, 0.2) is 0 Å². The first-order valence-corrected chi connectivity index (χ1v) is 7.29. The first-order chi connectivity index (χ1) is 9.02. The second kappa shape index (κ2) is 8.02. The van der Waals surface area contributed by atoms with Crippen LogP contribution in [0.2, 0.25) is 0 Å². The van der Waals surface area contributed by atoms with Gasteiger partial charge in [-0.05, 0) is 33.1 Å². The number of amides is 2. The third kappa shape index (κ3) is 5.49. The minimum atomic E-state index is -0.800. The van der Waals surface area contributed by atoms with E-state index in [0.717, 1.165) is 25.9 Å². The maximum atomic E-state index is 12.5. The number of carbonyl (C=O) groups is 2. The van der Waals surface area contributed by atoms with E-state index in [9.17, 15) is 9.59 Å². The van der Waals surface area contributed by atoms with Crippen molar-refractivity contribution in [3.63, 3.8) is 0 Å². The molecule has 1 aliphatic heterocycles. The SMILES string of the molecule is CC(C)N(CCCC(=O)O)C(=O)N1CCCCCC1. The lowest BCUT2D eigenvalue weighted by atomic mass is 10.2. The van der Waals surface area contributed by atoms with E-state index in [2.05, 4.69) is 0 Å². The molecular weight excluding hydrogens is 244 g/mol. The molecule has 1 rings (SSSR count). The van der Waals surface area contributed by atoms with E-state index in [1.165, 1.54) is 12.8 Å². The zero-order chi connectivity index (χ0) is 14.3. The molecule has 2 amide bonds. The van der Waals surface area contributed by atoms with Crippen molar-refractivity contribution in [3.05, 3.63) is 0 Å². The molecule has 0 aliphatic carbocycles. The Morgan fingerprint density at radius 3 is 2.21 bits per heavy atom. The molecule has 5 heteroatoms. The molecule has 5 nitrogen and oxygen atoms in total. The monoisotopic (exact) mass is 270 g/mol. The maximum Gasteiger partial charge on any atom is 0.320 e. The summed E-state index contributed by atoms with van der Waals surface area (Å²) in [6.07, 6.45) is 5.19. The van der Waals surface area contributed by atoms with E-state index in [4.69, 9.17) is 5.11 Å². The van der Waals surface area contributed by atoms with Crippen LogP contribution in [0, 0.1) is 0 Å². The van der Waals surface area contributed by atoms with Crippen LogP contribution in [0.5, 0.6) is 0 Å². The average Bonchev–Trinajstić information content (AvgIpc) is 2.61. The quantitative estimate of drug-likeness (QED) is 0.835. The van der Waals surface area contributed by atoms with Crippen LogP contribution >= 0.6 is 0 Å². The third-order valence-electron chi connectivity index (χ3n) is 3.54. The van der Waals surface area contributed by atoms with Gasteiger partial charge in [0.25, 0.3) is 0 Å². The van der Waals surface area contributed by atoms with E-state index >= 15 is 0 Å². The summed E-state index contributed by atoms with van der Waals surface area (Å²) in [5.41, 5.74) is 0. The lowest BCUT2D eigenvalue weighted by molar-refractivity contribution is -0.137. The molecule has 19 heavy (non-hydrogen) atoms. The fraction of sp³-hybridized carbons (Fsp3) is 0.857. The summed E-state index contributed by atoms with van der Waals surface area (Å²) >= 11 is 0. The van der Waals surface area contributed by atoms with Crippen molar-refractivity contribution in [3.8, 4) is 0 Å². The first-order valence-electron chi connectivity index (χ1n) is 7.29. The van der Waals surface area contributed by atoms with Crippen LogP contribution in [0.4, 0.5) is 4.79 Å². The number of carboxylic acid groups (broad SMARTS) is 1. The van der Waals surface area contributed by atoms with E-state index in [1.54, 1.807) is 4.90 Å². The minimum absolute atomic E-state index is 0.0716. The Morgan fingerprint density at radius 1 is 1.16 bits per heavy atom. The summed E-state index contributed by atoms with van der Waals surface area (Å²) in [6.45, 7) is 6.16. The molecule has 0 unspecified atom stereocenters. The van der Waals surface area contributed by atoms with Gasteiger partial charge in [0.15, 0.2) is 0 Å². The highest BCUT2D eigenvalue weighted by Gasteiger charge is 2.23. The molecule has 110 valence electrons. The predicted octanol–water partition coefficient (Wildman–Crippen LogP) is 2.56. The maximum absolute atomic E-state index is 12.5. The van der Waals surface area contributed by atoms with Gasteiger partial charge in [-0.1, -0.05) is 12.8 Å². The summed E-state index contributed by atoms with van der Waals surface area (Å²) in [5.74, 6) is -0.800. The number of carboxylic acids is 1. The zero-order valence-corrected chi connectivity index (χ0v) is 12.1. The number of hydrogen-bond donors (Lipinski definition) is 1. The smallest absolute Gasteiger partial charge is 0.320 e. The Morgan fingerprint density at radius 2 is 1.74 bits per heavy atom. The molecule has 0 aromatic carbocycles. The van der Waals surface area contributed by atoms with Gasteiger partial charge in [0.1, 0.15) is 0 Å². The van der Waals surface area contributed by atoms with E-state index < -0.39 is 5.97 Å². The third-order valence-corrected chi connectivity index (χ3v) is 3.54. The molecule has 0 bridgehead atoms. The normalized spacial score (nSPS) is 16.3. The number of urea groups is 1. The van der Waals surface area contributed by atoms with Crippen molar-refractivity contribution < 1.29 is 14.7 Å². The fourth-order valence-corrected chi connectivity index (χ4v) is 2.42. The van der Waals surface area contributed by atoms with Crippen LogP contribution in [0.3, 0.4) is 0 Å². The molecular formula is C14H26N2O3. The van der Waals surface area contributed by atoms with E-state index in [-0.39, 0.29) is 18.5 Å². The molecule has 0 aromatic heterocycles. The van der Waals surface area contributed by atoms with Crippen molar-refractivity contribution >= 4 is 12.0 Å². The summed E-state index contributed by atoms with van der Waals surface area (Å²) in [6, 6.07) is 0.187. The Hall–Kier alpha value is -1.26. The Labute approximate surface area is 115 Å². The predicted molar refractivity (Wildman–Crippen MR) is 74.1 cm³/mol. The molecule has 1 fully saturated rings. The number of nitrogens with zero attached hydrogens (tertiary/aromatic N) is 2. The molecule has 1 aliphatic rings. The Kier molecular flexibility index (Phi) is 6.67. The fourth-order valence-electron chi connectivity index (χ4n) is 2.42. The lowest BCUT2D eigenvalue weighted by Gasteiger charge is -2.32. The number of rotatable bonds is 5. The Balaban J connectivity index is 2.53. The average molecular weight is 270 g/mol. The topological polar surface area (TPSA) is 60.9 Å². The molecule has 0 aromatic rings. The van der Waals surface area contributed by atoms with Crippen molar-refractivity contribution in [2.45, 2.75) is 58.4 Å². The van der Waals surface area contributed by atoms with Gasteiger partial charge in [0.2, 0.25) is 0 Å². The second-order valence-corrected chi connectivity index (χ2v) is 5.47.